The van der Waals surface area contributed by atoms with Crippen LogP contribution in [0.5, 0.6) is 0 Å². The Hall–Kier alpha value is -2.09. The fourth-order valence-corrected chi connectivity index (χ4v) is 3.76. The van der Waals surface area contributed by atoms with Crippen molar-refractivity contribution in [1.82, 2.24) is 10.2 Å². The largest absolute Gasteiger partial charge is 0.481 e. The quantitative estimate of drug-likeness (QED) is 0.835. The van der Waals surface area contributed by atoms with Crippen LogP contribution < -0.4 is 5.32 Å². The monoisotopic (exact) mass is 370 g/mol. The molecule has 0 spiro atoms. The predicted molar refractivity (Wildman–Crippen MR) is 87.5 cm³/mol. The van der Waals surface area contributed by atoms with Gasteiger partial charge in [0.25, 0.3) is 0 Å². The van der Waals surface area contributed by atoms with Gasteiger partial charge in [0.05, 0.1) is 5.41 Å². The van der Waals surface area contributed by atoms with Gasteiger partial charge < -0.3 is 15.3 Å². The van der Waals surface area contributed by atoms with Gasteiger partial charge in [-0.1, -0.05) is 30.3 Å². The predicted octanol–water partition coefficient (Wildman–Crippen LogP) is 2.39. The highest BCUT2D eigenvalue weighted by atomic mass is 19.4. The van der Waals surface area contributed by atoms with E-state index < -0.39 is 36.1 Å². The van der Waals surface area contributed by atoms with Crippen molar-refractivity contribution in [3.8, 4) is 0 Å². The van der Waals surface area contributed by atoms with Gasteiger partial charge in [-0.3, -0.25) is 9.59 Å². The lowest BCUT2D eigenvalue weighted by atomic mass is 9.78. The number of halogens is 3. The van der Waals surface area contributed by atoms with Gasteiger partial charge in [-0.25, -0.2) is 0 Å². The second-order valence-corrected chi connectivity index (χ2v) is 7.09. The van der Waals surface area contributed by atoms with Gasteiger partial charge in [0.2, 0.25) is 0 Å². The number of carboxylic acid groups (broad SMARTS) is 1. The summed E-state index contributed by atoms with van der Waals surface area (Å²) in [4.78, 5) is 24.6. The molecular formula is C18H21F3N2O3. The van der Waals surface area contributed by atoms with Gasteiger partial charge in [-0.2, -0.15) is 13.2 Å². The number of hydrogen-bond acceptors (Lipinski definition) is 3. The average molecular weight is 370 g/mol. The lowest BCUT2D eigenvalue weighted by molar-refractivity contribution is -0.189. The van der Waals surface area contributed by atoms with Gasteiger partial charge in [-0.15, -0.1) is 0 Å². The van der Waals surface area contributed by atoms with Crippen LogP contribution in [-0.2, 0) is 9.59 Å². The summed E-state index contributed by atoms with van der Waals surface area (Å²) >= 11 is 0. The first kappa shape index (κ1) is 18.7. The molecule has 2 N–H and O–H groups in total. The summed E-state index contributed by atoms with van der Waals surface area (Å²) in [5, 5.41) is 12.7. The molecule has 2 fully saturated rings. The molecule has 1 aromatic carbocycles. The van der Waals surface area contributed by atoms with Crippen molar-refractivity contribution < 1.29 is 27.9 Å². The van der Waals surface area contributed by atoms with E-state index in [1.54, 1.807) is 12.1 Å². The van der Waals surface area contributed by atoms with Crippen molar-refractivity contribution in [2.45, 2.75) is 37.4 Å². The number of nitrogens with one attached hydrogen (secondary N) is 1. The number of amides is 1. The van der Waals surface area contributed by atoms with Gasteiger partial charge in [0, 0.05) is 18.5 Å². The molecule has 1 saturated carbocycles. The second-order valence-electron chi connectivity index (χ2n) is 7.09. The van der Waals surface area contributed by atoms with E-state index in [-0.39, 0.29) is 18.8 Å². The number of hydrogen-bond donors (Lipinski definition) is 2. The van der Waals surface area contributed by atoms with Crippen LogP contribution in [0.2, 0.25) is 0 Å². The van der Waals surface area contributed by atoms with E-state index in [1.165, 1.54) is 0 Å². The third kappa shape index (κ3) is 3.70. The van der Waals surface area contributed by atoms with Crippen molar-refractivity contribution in [2.75, 3.05) is 19.6 Å². The third-order valence-corrected chi connectivity index (χ3v) is 5.38. The van der Waals surface area contributed by atoms with E-state index >= 15 is 0 Å². The van der Waals surface area contributed by atoms with E-state index in [0.717, 1.165) is 10.5 Å². The van der Waals surface area contributed by atoms with Crippen LogP contribution in [0.25, 0.3) is 0 Å². The first-order valence-electron chi connectivity index (χ1n) is 8.61. The molecule has 5 nitrogen and oxygen atoms in total. The van der Waals surface area contributed by atoms with Crippen LogP contribution in [0.4, 0.5) is 13.2 Å². The van der Waals surface area contributed by atoms with Crippen molar-refractivity contribution in [3.63, 3.8) is 0 Å². The lowest BCUT2D eigenvalue weighted by Gasteiger charge is -2.38. The number of rotatable bonds is 5. The normalized spacial score (nSPS) is 24.7. The maximum Gasteiger partial charge on any atom is 0.471 e. The first-order valence-corrected chi connectivity index (χ1v) is 8.61. The minimum absolute atomic E-state index is 0.185. The summed E-state index contributed by atoms with van der Waals surface area (Å²) in [7, 11) is 0. The number of carbonyl (C=O) groups is 2. The van der Waals surface area contributed by atoms with E-state index in [0.29, 0.717) is 19.5 Å². The van der Waals surface area contributed by atoms with Crippen LogP contribution in [0.1, 0.15) is 30.7 Å². The van der Waals surface area contributed by atoms with Crippen molar-refractivity contribution in [1.29, 1.82) is 0 Å². The molecule has 1 aliphatic heterocycles. The van der Waals surface area contributed by atoms with Crippen LogP contribution in [-0.4, -0.2) is 53.7 Å². The number of benzene rings is 1. The fourth-order valence-electron chi connectivity index (χ4n) is 3.76. The number of nitrogens with zero attached hydrogens (tertiary/aromatic N) is 1. The van der Waals surface area contributed by atoms with E-state index in [1.807, 2.05) is 18.2 Å². The molecule has 1 aliphatic carbocycles. The maximum absolute atomic E-state index is 13.1. The second kappa shape index (κ2) is 6.90. The summed E-state index contributed by atoms with van der Waals surface area (Å²) in [5.41, 5.74) is -0.470. The highest BCUT2D eigenvalue weighted by Crippen LogP contribution is 2.47. The smallest absolute Gasteiger partial charge is 0.471 e. The Balaban J connectivity index is 1.85. The Morgan fingerprint density at radius 2 is 1.81 bits per heavy atom. The Kier molecular flexibility index (Phi) is 4.96. The summed E-state index contributed by atoms with van der Waals surface area (Å²) < 4.78 is 39.4. The van der Waals surface area contributed by atoms with Crippen LogP contribution in [0.3, 0.4) is 0 Å². The molecule has 3 rings (SSSR count). The summed E-state index contributed by atoms with van der Waals surface area (Å²) in [6.07, 6.45) is -4.20. The van der Waals surface area contributed by atoms with Gasteiger partial charge in [-0.05, 0) is 37.9 Å². The third-order valence-electron chi connectivity index (χ3n) is 5.38. The number of aliphatic carboxylic acids is 1. The summed E-state index contributed by atoms with van der Waals surface area (Å²) in [5.74, 6) is -3.27. The van der Waals surface area contributed by atoms with Crippen molar-refractivity contribution in [3.05, 3.63) is 35.9 Å². The van der Waals surface area contributed by atoms with Gasteiger partial charge in [0.1, 0.15) is 0 Å². The highest BCUT2D eigenvalue weighted by molar-refractivity contribution is 5.84. The molecule has 1 heterocycles. The van der Waals surface area contributed by atoms with E-state index in [4.69, 9.17) is 0 Å². The zero-order valence-corrected chi connectivity index (χ0v) is 14.1. The van der Waals surface area contributed by atoms with Crippen LogP contribution in [0.15, 0.2) is 30.3 Å². The Morgan fingerprint density at radius 1 is 1.19 bits per heavy atom. The number of alkyl halides is 3. The first-order chi connectivity index (χ1) is 12.2. The number of carboxylic acids is 1. The summed E-state index contributed by atoms with van der Waals surface area (Å²) in [6.45, 7) is 0.413. The highest BCUT2D eigenvalue weighted by Gasteiger charge is 2.55. The standard InChI is InChI=1S/C18H21F3N2O3/c19-18(20,21)15(24)23(11-17(16(25)26)6-8-22-9-7-17)14-10-13(14)12-4-2-1-3-5-12/h1-5,13-14,22H,6-11H2,(H,25,26)/t13-,14+/m1/s1. The average Bonchev–Trinajstić information content (AvgIpc) is 3.40. The van der Waals surface area contributed by atoms with Crippen LogP contribution >= 0.6 is 0 Å². The minimum Gasteiger partial charge on any atom is -0.481 e. The van der Waals surface area contributed by atoms with Gasteiger partial charge >= 0.3 is 18.1 Å². The molecule has 1 amide bonds. The minimum atomic E-state index is -5.02. The zero-order valence-electron chi connectivity index (χ0n) is 14.1. The molecule has 0 aromatic heterocycles. The number of piperidine rings is 1. The molecule has 26 heavy (non-hydrogen) atoms. The Bertz CT molecular complexity index is 672. The molecular weight excluding hydrogens is 349 g/mol. The Morgan fingerprint density at radius 3 is 2.35 bits per heavy atom. The van der Waals surface area contributed by atoms with Crippen LogP contribution in [0, 0.1) is 5.41 Å². The van der Waals surface area contributed by atoms with Crippen molar-refractivity contribution in [2.24, 2.45) is 5.41 Å². The molecule has 1 saturated heterocycles. The number of carbonyl (C=O) groups excluding carboxylic acids is 1. The van der Waals surface area contributed by atoms with E-state index in [2.05, 4.69) is 5.32 Å². The fraction of sp³-hybridized carbons (Fsp3) is 0.556. The molecule has 142 valence electrons. The molecule has 0 bridgehead atoms. The SMILES string of the molecule is O=C(N(CC1(C(=O)O)CCNCC1)[C@H]1C[C@@H]1c1ccccc1)C(F)(F)F. The van der Waals surface area contributed by atoms with Gasteiger partial charge in [0.15, 0.2) is 0 Å². The van der Waals surface area contributed by atoms with Crippen molar-refractivity contribution >= 4 is 11.9 Å². The molecule has 1 aromatic rings. The Labute approximate surface area is 149 Å². The molecule has 2 aliphatic rings. The summed E-state index contributed by atoms with van der Waals surface area (Å²) in [6, 6.07) is 8.43. The molecule has 0 unspecified atom stereocenters. The molecule has 8 heteroatoms. The zero-order chi connectivity index (χ0) is 18.9. The molecule has 2 atom stereocenters. The lowest BCUT2D eigenvalue weighted by Crippen LogP contribution is -2.54. The maximum atomic E-state index is 13.1. The van der Waals surface area contributed by atoms with E-state index in [9.17, 15) is 27.9 Å². The topological polar surface area (TPSA) is 69.6 Å². The molecule has 0 radical (unpaired) electrons.